The van der Waals surface area contributed by atoms with Crippen LogP contribution in [0.1, 0.15) is 39.0 Å². The summed E-state index contributed by atoms with van der Waals surface area (Å²) in [7, 11) is 3.92. The lowest BCUT2D eigenvalue weighted by molar-refractivity contribution is 0.00839. The highest BCUT2D eigenvalue weighted by molar-refractivity contribution is 4.84. The molecule has 0 radical (unpaired) electrons. The van der Waals surface area contributed by atoms with Gasteiger partial charge in [-0.25, -0.2) is 0 Å². The van der Waals surface area contributed by atoms with E-state index >= 15 is 0 Å². The zero-order valence-electron chi connectivity index (χ0n) is 9.18. The van der Waals surface area contributed by atoms with Crippen molar-refractivity contribution in [3.05, 3.63) is 0 Å². The molecule has 1 N–H and O–H groups in total. The Morgan fingerprint density at radius 2 is 2.08 bits per heavy atom. The van der Waals surface area contributed by atoms with Gasteiger partial charge in [0, 0.05) is 19.1 Å². The average Bonchev–Trinajstić information content (AvgIpc) is 2.20. The van der Waals surface area contributed by atoms with Crippen molar-refractivity contribution in [2.24, 2.45) is 5.92 Å². The van der Waals surface area contributed by atoms with Crippen molar-refractivity contribution in [2.45, 2.75) is 51.2 Å². The van der Waals surface area contributed by atoms with E-state index in [1.807, 2.05) is 7.11 Å². The molecular weight excluding hydrogens is 162 g/mol. The third-order valence-corrected chi connectivity index (χ3v) is 3.38. The van der Waals surface area contributed by atoms with Crippen molar-refractivity contribution < 1.29 is 4.74 Å². The Kier molecular flexibility index (Phi) is 4.74. The predicted molar refractivity (Wildman–Crippen MR) is 55.9 cm³/mol. The van der Waals surface area contributed by atoms with Crippen LogP contribution in [0, 0.1) is 5.92 Å². The SMILES string of the molecule is CCC(NC)C1CCCCC1OC. The van der Waals surface area contributed by atoms with Crippen molar-refractivity contribution >= 4 is 0 Å². The van der Waals surface area contributed by atoms with Crippen molar-refractivity contribution in [3.8, 4) is 0 Å². The van der Waals surface area contributed by atoms with Crippen molar-refractivity contribution in [3.63, 3.8) is 0 Å². The van der Waals surface area contributed by atoms with E-state index in [4.69, 9.17) is 4.74 Å². The Morgan fingerprint density at radius 3 is 2.62 bits per heavy atom. The molecule has 2 heteroatoms. The number of hydrogen-bond acceptors (Lipinski definition) is 2. The number of rotatable bonds is 4. The van der Waals surface area contributed by atoms with Crippen molar-refractivity contribution in [1.82, 2.24) is 5.32 Å². The first-order chi connectivity index (χ1) is 6.33. The summed E-state index contributed by atoms with van der Waals surface area (Å²) in [4.78, 5) is 0. The molecule has 0 spiro atoms. The summed E-state index contributed by atoms with van der Waals surface area (Å²) in [5.74, 6) is 0.730. The molecule has 0 amide bonds. The molecule has 0 aromatic heterocycles. The number of nitrogens with one attached hydrogen (secondary N) is 1. The van der Waals surface area contributed by atoms with Crippen LogP contribution in [0.5, 0.6) is 0 Å². The van der Waals surface area contributed by atoms with Gasteiger partial charge in [0.05, 0.1) is 6.10 Å². The van der Waals surface area contributed by atoms with Gasteiger partial charge in [-0.3, -0.25) is 0 Å². The Morgan fingerprint density at radius 1 is 1.38 bits per heavy atom. The van der Waals surface area contributed by atoms with Crippen molar-refractivity contribution in [1.29, 1.82) is 0 Å². The molecule has 1 rings (SSSR count). The highest BCUT2D eigenvalue weighted by atomic mass is 16.5. The summed E-state index contributed by atoms with van der Waals surface area (Å²) in [6, 6.07) is 0.644. The molecule has 0 bridgehead atoms. The molecule has 13 heavy (non-hydrogen) atoms. The maximum absolute atomic E-state index is 5.55. The number of hydrogen-bond donors (Lipinski definition) is 1. The summed E-state index contributed by atoms with van der Waals surface area (Å²) in [5, 5.41) is 3.41. The van der Waals surface area contributed by atoms with Gasteiger partial charge in [-0.1, -0.05) is 19.8 Å². The summed E-state index contributed by atoms with van der Waals surface area (Å²) in [6.45, 7) is 2.25. The summed E-state index contributed by atoms with van der Waals surface area (Å²) < 4.78 is 5.55. The fourth-order valence-corrected chi connectivity index (χ4v) is 2.60. The van der Waals surface area contributed by atoms with Crippen LogP contribution in [0.15, 0.2) is 0 Å². The van der Waals surface area contributed by atoms with Gasteiger partial charge in [-0.15, -0.1) is 0 Å². The van der Waals surface area contributed by atoms with Crippen LogP contribution in [0.25, 0.3) is 0 Å². The van der Waals surface area contributed by atoms with Crippen LogP contribution in [-0.4, -0.2) is 26.3 Å². The minimum atomic E-state index is 0.492. The van der Waals surface area contributed by atoms with Crippen LogP contribution in [-0.2, 0) is 4.74 Å². The van der Waals surface area contributed by atoms with Crippen LogP contribution < -0.4 is 5.32 Å². The Bertz CT molecular complexity index is 127. The monoisotopic (exact) mass is 185 g/mol. The van der Waals surface area contributed by atoms with Gasteiger partial charge in [0.2, 0.25) is 0 Å². The molecule has 0 aromatic carbocycles. The maximum Gasteiger partial charge on any atom is 0.0614 e. The highest BCUT2D eigenvalue weighted by Gasteiger charge is 2.29. The van der Waals surface area contributed by atoms with E-state index in [9.17, 15) is 0 Å². The second-order valence-electron chi connectivity index (χ2n) is 4.03. The van der Waals surface area contributed by atoms with E-state index in [0.29, 0.717) is 12.1 Å². The van der Waals surface area contributed by atoms with E-state index in [-0.39, 0.29) is 0 Å². The number of methoxy groups -OCH3 is 1. The van der Waals surface area contributed by atoms with Crippen LogP contribution in [0.2, 0.25) is 0 Å². The fourth-order valence-electron chi connectivity index (χ4n) is 2.60. The molecule has 1 aliphatic carbocycles. The second-order valence-corrected chi connectivity index (χ2v) is 4.03. The highest BCUT2D eigenvalue weighted by Crippen LogP contribution is 2.29. The van der Waals surface area contributed by atoms with Gasteiger partial charge in [-0.2, -0.15) is 0 Å². The standard InChI is InChI=1S/C11H23NO/c1-4-10(12-2)9-7-5-6-8-11(9)13-3/h9-12H,4-8H2,1-3H3. The quantitative estimate of drug-likeness (QED) is 0.725. The summed E-state index contributed by atoms with van der Waals surface area (Å²) >= 11 is 0. The first kappa shape index (κ1) is 11.0. The molecule has 0 aliphatic heterocycles. The summed E-state index contributed by atoms with van der Waals surface area (Å²) in [6.07, 6.45) is 7.00. The van der Waals surface area contributed by atoms with Gasteiger partial charge >= 0.3 is 0 Å². The molecule has 1 fully saturated rings. The van der Waals surface area contributed by atoms with Gasteiger partial charge in [0.1, 0.15) is 0 Å². The average molecular weight is 185 g/mol. The van der Waals surface area contributed by atoms with Crippen LogP contribution in [0.3, 0.4) is 0 Å². The lowest BCUT2D eigenvalue weighted by Crippen LogP contribution is -2.42. The van der Waals surface area contributed by atoms with Crippen LogP contribution in [0.4, 0.5) is 0 Å². The zero-order chi connectivity index (χ0) is 9.68. The zero-order valence-corrected chi connectivity index (χ0v) is 9.18. The van der Waals surface area contributed by atoms with Gasteiger partial charge in [0.25, 0.3) is 0 Å². The van der Waals surface area contributed by atoms with E-state index < -0.39 is 0 Å². The Labute approximate surface area is 82.0 Å². The molecule has 0 aromatic rings. The first-order valence-electron chi connectivity index (χ1n) is 5.53. The van der Waals surface area contributed by atoms with Gasteiger partial charge < -0.3 is 10.1 Å². The molecule has 78 valence electrons. The van der Waals surface area contributed by atoms with Gasteiger partial charge in [-0.05, 0) is 26.3 Å². The molecule has 0 saturated heterocycles. The van der Waals surface area contributed by atoms with Gasteiger partial charge in [0.15, 0.2) is 0 Å². The molecule has 3 atom stereocenters. The molecular formula is C11H23NO. The molecule has 0 heterocycles. The van der Waals surface area contributed by atoms with Crippen molar-refractivity contribution in [2.75, 3.05) is 14.2 Å². The van der Waals surface area contributed by atoms with E-state index in [0.717, 1.165) is 5.92 Å². The third-order valence-electron chi connectivity index (χ3n) is 3.38. The van der Waals surface area contributed by atoms with E-state index in [1.54, 1.807) is 0 Å². The number of ether oxygens (including phenoxy) is 1. The minimum Gasteiger partial charge on any atom is -0.381 e. The molecule has 3 unspecified atom stereocenters. The first-order valence-corrected chi connectivity index (χ1v) is 5.53. The Balaban J connectivity index is 2.51. The molecule has 1 aliphatic rings. The Hall–Kier alpha value is -0.0800. The fraction of sp³-hybridized carbons (Fsp3) is 1.00. The van der Waals surface area contributed by atoms with E-state index in [2.05, 4.69) is 19.3 Å². The minimum absolute atomic E-state index is 0.492. The molecule has 1 saturated carbocycles. The molecule has 2 nitrogen and oxygen atoms in total. The largest absolute Gasteiger partial charge is 0.381 e. The lowest BCUT2D eigenvalue weighted by atomic mass is 9.80. The summed E-state index contributed by atoms with van der Waals surface area (Å²) in [5.41, 5.74) is 0. The predicted octanol–water partition coefficient (Wildman–Crippen LogP) is 2.19. The third kappa shape index (κ3) is 2.68. The van der Waals surface area contributed by atoms with E-state index in [1.165, 1.54) is 32.1 Å². The second kappa shape index (κ2) is 5.61. The normalized spacial score (nSPS) is 31.6. The van der Waals surface area contributed by atoms with Crippen LogP contribution >= 0.6 is 0 Å². The maximum atomic E-state index is 5.55. The smallest absolute Gasteiger partial charge is 0.0614 e. The lowest BCUT2D eigenvalue weighted by Gasteiger charge is -2.35. The topological polar surface area (TPSA) is 21.3 Å².